The summed E-state index contributed by atoms with van der Waals surface area (Å²) in [4.78, 5) is 17.8. The van der Waals surface area contributed by atoms with Gasteiger partial charge in [0.2, 0.25) is 0 Å². The number of carbonyl (C=O) groups is 2. The van der Waals surface area contributed by atoms with Crippen LogP contribution in [0.15, 0.2) is 0 Å². The van der Waals surface area contributed by atoms with Gasteiger partial charge in [0.15, 0.2) is 0 Å². The van der Waals surface area contributed by atoms with Gasteiger partial charge in [-0.05, 0) is 13.8 Å². The number of aliphatic carboxylic acids is 2. The Balaban J connectivity index is -0.0000000450. The molecule has 0 saturated heterocycles. The Morgan fingerprint density at radius 1 is 1.00 bits per heavy atom. The van der Waals surface area contributed by atoms with Crippen LogP contribution >= 0.6 is 30.1 Å². The summed E-state index contributed by atoms with van der Waals surface area (Å²) in [7, 11) is 14.8. The Hall–Kier alpha value is 0.966. The summed E-state index contributed by atoms with van der Waals surface area (Å²) in [5.74, 6) is -2.17. The molecule has 0 bridgehead atoms. The van der Waals surface area contributed by atoms with E-state index < -0.39 is 23.3 Å². The average molecular weight is 317 g/mol. The standard InChI is InChI=1S/2C2H4O2.Al.3ClH.Zn/c2*1-2(3)4;;;;;/h2*1H3,(H,3,4);;3*1H;/q;;+3;;;;+2/p-5. The molecule has 0 spiro atoms. The van der Waals surface area contributed by atoms with Crippen LogP contribution < -0.4 is 10.2 Å². The van der Waals surface area contributed by atoms with E-state index in [2.05, 4.69) is 0 Å². The van der Waals surface area contributed by atoms with E-state index in [0.717, 1.165) is 13.8 Å². The minimum absolute atomic E-state index is 0. The summed E-state index contributed by atoms with van der Waals surface area (Å²) in [6, 6.07) is 0. The molecule has 4 nitrogen and oxygen atoms in total. The van der Waals surface area contributed by atoms with Crippen molar-refractivity contribution >= 4 is 53.5 Å². The first-order valence-corrected chi connectivity index (χ1v) is 7.71. The van der Waals surface area contributed by atoms with Crippen LogP contribution in [-0.2, 0) is 29.1 Å². The van der Waals surface area contributed by atoms with E-state index in [1.54, 1.807) is 0 Å². The number of carbonyl (C=O) groups excluding carboxylic acids is 2. The molecule has 0 aromatic heterocycles. The van der Waals surface area contributed by atoms with Crippen LogP contribution in [0, 0.1) is 0 Å². The van der Waals surface area contributed by atoms with Crippen molar-refractivity contribution < 1.29 is 39.3 Å². The molecule has 0 fully saturated rings. The number of carboxylic acid groups (broad SMARTS) is 2. The first-order chi connectivity index (χ1) is 5.20. The molecule has 13 heavy (non-hydrogen) atoms. The van der Waals surface area contributed by atoms with Crippen LogP contribution in [0.25, 0.3) is 0 Å². The topological polar surface area (TPSA) is 80.3 Å². The van der Waals surface area contributed by atoms with Crippen molar-refractivity contribution in [2.24, 2.45) is 0 Å². The normalized spacial score (nSPS) is 5.92. The van der Waals surface area contributed by atoms with Gasteiger partial charge >= 0.3 is 30.9 Å². The monoisotopic (exact) mass is 314 g/mol. The van der Waals surface area contributed by atoms with Gasteiger partial charge in [-0.2, -0.15) is 0 Å². The Labute approximate surface area is 106 Å². The molecule has 0 atom stereocenters. The molecule has 0 N–H and O–H groups in total. The van der Waals surface area contributed by atoms with Crippen molar-refractivity contribution in [2.45, 2.75) is 13.8 Å². The van der Waals surface area contributed by atoms with Gasteiger partial charge in [0, 0.05) is 11.9 Å². The van der Waals surface area contributed by atoms with Gasteiger partial charge in [0.05, 0.1) is 0 Å². The van der Waals surface area contributed by atoms with E-state index in [0.29, 0.717) is 0 Å². The first-order valence-electron chi connectivity index (χ1n) is 2.47. The second-order valence-corrected chi connectivity index (χ2v) is 7.66. The van der Waals surface area contributed by atoms with E-state index in [-0.39, 0.29) is 19.5 Å². The Morgan fingerprint density at radius 3 is 1.00 bits per heavy atom. The smallest absolute Gasteiger partial charge is 0.550 e. The second-order valence-electron chi connectivity index (χ2n) is 1.23. The average Bonchev–Trinajstić information content (AvgIpc) is 1.54. The third-order valence-electron chi connectivity index (χ3n) is 0. The molecule has 0 unspecified atom stereocenters. The third kappa shape index (κ3) is 1670. The Kier molecular flexibility index (Phi) is 34.0. The largest absolute Gasteiger partial charge is 2.00 e. The predicted octanol–water partition coefficient (Wildman–Crippen LogP) is -0.802. The summed E-state index contributed by atoms with van der Waals surface area (Å²) in [5, 5.41) is 17.8. The molecule has 0 rings (SSSR count). The van der Waals surface area contributed by atoms with Crippen molar-refractivity contribution in [3.05, 3.63) is 0 Å². The predicted molar refractivity (Wildman–Crippen MR) is 44.7 cm³/mol. The van der Waals surface area contributed by atoms with Crippen LogP contribution in [0.1, 0.15) is 13.8 Å². The summed E-state index contributed by atoms with van der Waals surface area (Å²) in [5.41, 5.74) is 0. The molecule has 0 aromatic rings. The van der Waals surface area contributed by atoms with Gasteiger partial charge in [-0.1, -0.05) is 0 Å². The molecule has 0 aromatic carbocycles. The van der Waals surface area contributed by atoms with Gasteiger partial charge in [0.25, 0.3) is 0 Å². The van der Waals surface area contributed by atoms with Crippen molar-refractivity contribution in [1.82, 2.24) is 0 Å². The number of halogens is 3. The minimum Gasteiger partial charge on any atom is -0.550 e. The van der Waals surface area contributed by atoms with Crippen LogP contribution in [0.2, 0.25) is 0 Å². The molecule has 0 saturated carbocycles. The fourth-order valence-corrected chi connectivity index (χ4v) is 0. The van der Waals surface area contributed by atoms with Crippen LogP contribution in [-0.4, -0.2) is 23.3 Å². The van der Waals surface area contributed by atoms with Crippen LogP contribution in [0.4, 0.5) is 0 Å². The summed E-state index contributed by atoms with van der Waals surface area (Å²) >= 11 is -1.72. The quantitative estimate of drug-likeness (QED) is 0.548. The molecule has 0 aliphatic rings. The number of carboxylic acids is 2. The van der Waals surface area contributed by atoms with Crippen molar-refractivity contribution in [2.75, 3.05) is 0 Å². The van der Waals surface area contributed by atoms with Gasteiger partial charge in [-0.15, -0.1) is 0 Å². The van der Waals surface area contributed by atoms with Crippen molar-refractivity contribution in [3.8, 4) is 0 Å². The van der Waals surface area contributed by atoms with Gasteiger partial charge in [-0.3, -0.25) is 0 Å². The summed E-state index contributed by atoms with van der Waals surface area (Å²) in [6.07, 6.45) is 0. The van der Waals surface area contributed by atoms with Crippen molar-refractivity contribution in [1.29, 1.82) is 0 Å². The van der Waals surface area contributed by atoms with Crippen LogP contribution in [0.3, 0.4) is 0 Å². The maximum absolute atomic E-state index is 8.89. The Morgan fingerprint density at radius 2 is 1.00 bits per heavy atom. The zero-order chi connectivity index (χ0) is 10.7. The third-order valence-corrected chi connectivity index (χ3v) is 0. The molecule has 9 heteroatoms. The van der Waals surface area contributed by atoms with E-state index in [9.17, 15) is 0 Å². The fourth-order valence-electron chi connectivity index (χ4n) is 0. The SMILES string of the molecule is CC(=O)[O-].CC(=O)[O-].[Cl][Al]([Cl])[Cl].[Zn+2]. The van der Waals surface area contributed by atoms with Crippen LogP contribution in [0.5, 0.6) is 0 Å². The van der Waals surface area contributed by atoms with Gasteiger partial charge < -0.3 is 19.8 Å². The maximum atomic E-state index is 8.89. The minimum atomic E-state index is -1.72. The number of hydrogen-bond acceptors (Lipinski definition) is 4. The number of hydrogen-bond donors (Lipinski definition) is 0. The molecule has 0 aliphatic carbocycles. The van der Waals surface area contributed by atoms with E-state index >= 15 is 0 Å². The van der Waals surface area contributed by atoms with Crippen molar-refractivity contribution in [3.63, 3.8) is 0 Å². The first kappa shape index (κ1) is 23.6. The van der Waals surface area contributed by atoms with E-state index in [1.807, 2.05) is 0 Å². The summed E-state index contributed by atoms with van der Waals surface area (Å²) in [6.45, 7) is 1.94. The van der Waals surface area contributed by atoms with E-state index in [1.165, 1.54) is 0 Å². The molecule has 0 aliphatic heterocycles. The molecular weight excluding hydrogens is 311 g/mol. The molecule has 0 radical (unpaired) electrons. The van der Waals surface area contributed by atoms with E-state index in [4.69, 9.17) is 49.9 Å². The molecule has 72 valence electrons. The fraction of sp³-hybridized carbons (Fsp3) is 0.500. The molecule has 0 amide bonds. The molecule has 0 heterocycles. The zero-order valence-corrected chi connectivity index (χ0v) is 13.4. The Bertz CT molecular complexity index is 112. The second kappa shape index (κ2) is 18.7. The van der Waals surface area contributed by atoms with Gasteiger partial charge in [-0.25, -0.2) is 30.1 Å². The molecular formula is C4H6AlCl3O4Zn. The summed E-state index contributed by atoms with van der Waals surface area (Å²) < 4.78 is 0. The zero-order valence-electron chi connectivity index (χ0n) is 7.05. The van der Waals surface area contributed by atoms with Gasteiger partial charge in [0.1, 0.15) is 0 Å². The maximum Gasteiger partial charge on any atom is 2.00 e. The number of rotatable bonds is 0.